The van der Waals surface area contributed by atoms with Crippen LogP contribution < -0.4 is 5.32 Å². The highest BCUT2D eigenvalue weighted by Gasteiger charge is 2.03. The summed E-state index contributed by atoms with van der Waals surface area (Å²) in [5.41, 5.74) is 1.91. The van der Waals surface area contributed by atoms with E-state index in [2.05, 4.69) is 17.5 Å². The van der Waals surface area contributed by atoms with Crippen molar-refractivity contribution in [3.63, 3.8) is 0 Å². The van der Waals surface area contributed by atoms with Crippen LogP contribution in [0.4, 0.5) is 0 Å². The van der Waals surface area contributed by atoms with Crippen LogP contribution >= 0.6 is 11.8 Å². The van der Waals surface area contributed by atoms with E-state index in [-0.39, 0.29) is 0 Å². The third-order valence-electron chi connectivity index (χ3n) is 2.30. The highest BCUT2D eigenvalue weighted by molar-refractivity contribution is 7.99. The molecule has 0 atom stereocenters. The molecule has 0 radical (unpaired) electrons. The van der Waals surface area contributed by atoms with Gasteiger partial charge in [0, 0.05) is 30.9 Å². The van der Waals surface area contributed by atoms with E-state index in [4.69, 9.17) is 10.00 Å². The Labute approximate surface area is 107 Å². The van der Waals surface area contributed by atoms with E-state index in [1.54, 1.807) is 18.9 Å². The predicted octanol–water partition coefficient (Wildman–Crippen LogP) is 2.41. The standard InChI is InChI=1S/C13H18N2OS/c1-15-10-11-4-5-13(12(8-11)9-14)17-7-3-6-16-2/h4-5,8,15H,3,6-7,10H2,1-2H3. The van der Waals surface area contributed by atoms with Gasteiger partial charge in [-0.05, 0) is 31.2 Å². The highest BCUT2D eigenvalue weighted by Crippen LogP contribution is 2.24. The molecule has 0 aliphatic heterocycles. The average Bonchev–Trinajstić information content (AvgIpc) is 2.36. The van der Waals surface area contributed by atoms with Crippen molar-refractivity contribution in [1.29, 1.82) is 5.26 Å². The van der Waals surface area contributed by atoms with E-state index in [9.17, 15) is 0 Å². The summed E-state index contributed by atoms with van der Waals surface area (Å²) in [4.78, 5) is 1.06. The van der Waals surface area contributed by atoms with E-state index in [1.165, 1.54) is 0 Å². The van der Waals surface area contributed by atoms with Crippen molar-refractivity contribution in [2.24, 2.45) is 0 Å². The van der Waals surface area contributed by atoms with Crippen molar-refractivity contribution in [2.45, 2.75) is 17.9 Å². The van der Waals surface area contributed by atoms with Gasteiger partial charge in [0.2, 0.25) is 0 Å². The average molecular weight is 250 g/mol. The summed E-state index contributed by atoms with van der Waals surface area (Å²) < 4.78 is 5.00. The second-order valence-corrected chi connectivity index (χ2v) is 4.80. The molecule has 1 aromatic carbocycles. The Bertz CT molecular complexity index is 387. The summed E-state index contributed by atoms with van der Waals surface area (Å²) in [5, 5.41) is 12.2. The monoisotopic (exact) mass is 250 g/mol. The van der Waals surface area contributed by atoms with Crippen LogP contribution in [0.5, 0.6) is 0 Å². The van der Waals surface area contributed by atoms with Gasteiger partial charge in [0.1, 0.15) is 6.07 Å². The minimum atomic E-state index is 0.764. The number of rotatable bonds is 7. The van der Waals surface area contributed by atoms with Gasteiger partial charge in [-0.2, -0.15) is 5.26 Å². The molecule has 0 aromatic heterocycles. The predicted molar refractivity (Wildman–Crippen MR) is 71.1 cm³/mol. The Kier molecular flexibility index (Phi) is 6.71. The van der Waals surface area contributed by atoms with Crippen LogP contribution in [0.1, 0.15) is 17.5 Å². The maximum Gasteiger partial charge on any atom is 0.100 e. The maximum atomic E-state index is 9.11. The lowest BCUT2D eigenvalue weighted by molar-refractivity contribution is 0.200. The molecule has 0 spiro atoms. The molecular weight excluding hydrogens is 232 g/mol. The quantitative estimate of drug-likeness (QED) is 0.596. The fourth-order valence-electron chi connectivity index (χ4n) is 1.49. The van der Waals surface area contributed by atoms with Crippen molar-refractivity contribution >= 4 is 11.8 Å². The lowest BCUT2D eigenvalue weighted by atomic mass is 10.1. The zero-order valence-corrected chi connectivity index (χ0v) is 11.1. The van der Waals surface area contributed by atoms with E-state index in [1.807, 2.05) is 19.2 Å². The number of methoxy groups -OCH3 is 1. The second-order valence-electron chi connectivity index (χ2n) is 3.67. The van der Waals surface area contributed by atoms with Gasteiger partial charge in [-0.1, -0.05) is 6.07 Å². The van der Waals surface area contributed by atoms with Crippen molar-refractivity contribution in [3.05, 3.63) is 29.3 Å². The first-order valence-corrected chi connectivity index (χ1v) is 6.59. The largest absolute Gasteiger partial charge is 0.385 e. The Morgan fingerprint density at radius 1 is 1.47 bits per heavy atom. The molecule has 92 valence electrons. The molecule has 0 saturated carbocycles. The lowest BCUT2D eigenvalue weighted by Gasteiger charge is -2.06. The summed E-state index contributed by atoms with van der Waals surface area (Å²) in [6, 6.07) is 8.30. The van der Waals surface area contributed by atoms with E-state index < -0.39 is 0 Å². The van der Waals surface area contributed by atoms with Crippen LogP contribution in [-0.2, 0) is 11.3 Å². The van der Waals surface area contributed by atoms with E-state index in [0.717, 1.165) is 41.3 Å². The smallest absolute Gasteiger partial charge is 0.100 e. The molecule has 0 unspecified atom stereocenters. The molecule has 3 nitrogen and oxygen atoms in total. The van der Waals surface area contributed by atoms with Crippen molar-refractivity contribution in [2.75, 3.05) is 26.5 Å². The number of nitrogens with zero attached hydrogens (tertiary/aromatic N) is 1. The minimum Gasteiger partial charge on any atom is -0.385 e. The van der Waals surface area contributed by atoms with Gasteiger partial charge in [0.15, 0.2) is 0 Å². The first kappa shape index (κ1) is 14.0. The van der Waals surface area contributed by atoms with Gasteiger partial charge >= 0.3 is 0 Å². The number of nitrogens with one attached hydrogen (secondary N) is 1. The number of hydrogen-bond acceptors (Lipinski definition) is 4. The molecule has 0 aliphatic carbocycles. The first-order valence-electron chi connectivity index (χ1n) is 5.61. The molecule has 17 heavy (non-hydrogen) atoms. The van der Waals surface area contributed by atoms with Crippen LogP contribution in [0.2, 0.25) is 0 Å². The molecule has 0 heterocycles. The zero-order valence-electron chi connectivity index (χ0n) is 10.3. The summed E-state index contributed by atoms with van der Waals surface area (Å²) >= 11 is 1.72. The molecule has 0 bridgehead atoms. The fraction of sp³-hybridized carbons (Fsp3) is 0.462. The lowest BCUT2D eigenvalue weighted by Crippen LogP contribution is -2.05. The first-order chi connectivity index (χ1) is 8.31. The Morgan fingerprint density at radius 3 is 2.94 bits per heavy atom. The number of hydrogen-bond donors (Lipinski definition) is 1. The van der Waals surface area contributed by atoms with Crippen LogP contribution in [-0.4, -0.2) is 26.5 Å². The fourth-order valence-corrected chi connectivity index (χ4v) is 2.40. The van der Waals surface area contributed by atoms with Gasteiger partial charge in [-0.25, -0.2) is 0 Å². The number of thioether (sulfide) groups is 1. The summed E-state index contributed by atoms with van der Waals surface area (Å²) in [6.45, 7) is 1.57. The summed E-state index contributed by atoms with van der Waals surface area (Å²) in [6.07, 6.45) is 1.00. The molecule has 0 saturated heterocycles. The molecule has 4 heteroatoms. The van der Waals surface area contributed by atoms with Crippen LogP contribution in [0.25, 0.3) is 0 Å². The SMILES string of the molecule is CNCc1ccc(SCCCOC)c(C#N)c1. The normalized spacial score (nSPS) is 10.2. The minimum absolute atomic E-state index is 0.764. The second kappa shape index (κ2) is 8.13. The third-order valence-corrected chi connectivity index (χ3v) is 3.46. The van der Waals surface area contributed by atoms with E-state index >= 15 is 0 Å². The van der Waals surface area contributed by atoms with Crippen LogP contribution in [0, 0.1) is 11.3 Å². The van der Waals surface area contributed by atoms with Gasteiger partial charge in [-0.15, -0.1) is 11.8 Å². The Morgan fingerprint density at radius 2 is 2.29 bits per heavy atom. The van der Waals surface area contributed by atoms with E-state index in [0.29, 0.717) is 0 Å². The van der Waals surface area contributed by atoms with Crippen molar-refractivity contribution in [3.8, 4) is 6.07 Å². The van der Waals surface area contributed by atoms with Crippen molar-refractivity contribution in [1.82, 2.24) is 5.32 Å². The van der Waals surface area contributed by atoms with Gasteiger partial charge in [0.05, 0.1) is 5.56 Å². The maximum absolute atomic E-state index is 9.11. The third kappa shape index (κ3) is 4.78. The highest BCUT2D eigenvalue weighted by atomic mass is 32.2. The van der Waals surface area contributed by atoms with Gasteiger partial charge in [0.25, 0.3) is 0 Å². The topological polar surface area (TPSA) is 45.0 Å². The zero-order chi connectivity index (χ0) is 12.5. The molecule has 0 fully saturated rings. The molecule has 0 aliphatic rings. The molecule has 1 N–H and O–H groups in total. The molecule has 1 rings (SSSR count). The summed E-state index contributed by atoms with van der Waals surface area (Å²) in [5.74, 6) is 0.980. The van der Waals surface area contributed by atoms with Crippen LogP contribution in [0.15, 0.2) is 23.1 Å². The van der Waals surface area contributed by atoms with Crippen LogP contribution in [0.3, 0.4) is 0 Å². The number of benzene rings is 1. The van der Waals surface area contributed by atoms with Gasteiger partial charge in [-0.3, -0.25) is 0 Å². The number of ether oxygens (including phenoxy) is 1. The Hall–Kier alpha value is -1.02. The summed E-state index contributed by atoms with van der Waals surface area (Å²) in [7, 11) is 3.61. The molecular formula is C13H18N2OS. The molecule has 1 aromatic rings. The Balaban J connectivity index is 2.62. The number of nitriles is 1. The van der Waals surface area contributed by atoms with Crippen molar-refractivity contribution < 1.29 is 4.74 Å². The van der Waals surface area contributed by atoms with Gasteiger partial charge < -0.3 is 10.1 Å². The molecule has 0 amide bonds.